The van der Waals surface area contributed by atoms with Crippen molar-refractivity contribution in [3.63, 3.8) is 0 Å². The summed E-state index contributed by atoms with van der Waals surface area (Å²) in [5.41, 5.74) is 0. The minimum absolute atomic E-state index is 0.0670. The topological polar surface area (TPSA) is 41.3 Å². The highest BCUT2D eigenvalue weighted by Crippen LogP contribution is 2.33. The molecular weight excluding hydrogens is 250 g/mol. The van der Waals surface area contributed by atoms with Gasteiger partial charge in [0.05, 0.1) is 12.4 Å². The van der Waals surface area contributed by atoms with Crippen LogP contribution in [-0.4, -0.2) is 44.8 Å². The van der Waals surface area contributed by atoms with E-state index in [4.69, 9.17) is 0 Å². The third-order valence-corrected chi connectivity index (χ3v) is 5.14. The molecule has 1 aromatic heterocycles. The van der Waals surface area contributed by atoms with E-state index in [1.54, 1.807) is 0 Å². The maximum atomic E-state index is 10.3. The van der Waals surface area contributed by atoms with Gasteiger partial charge in [-0.15, -0.1) is 0 Å². The number of aliphatic hydroxyl groups is 1. The molecule has 4 heteroatoms. The van der Waals surface area contributed by atoms with Crippen LogP contribution in [0.15, 0.2) is 18.7 Å². The van der Waals surface area contributed by atoms with Gasteiger partial charge in [0.25, 0.3) is 0 Å². The SMILES string of the molecule is OC1CCCCC1C1CCCCN1CCn1ccnc1. The van der Waals surface area contributed by atoms with E-state index in [2.05, 4.69) is 14.5 Å². The van der Waals surface area contributed by atoms with Crippen LogP contribution >= 0.6 is 0 Å². The molecule has 1 aliphatic carbocycles. The second-order valence-electron chi connectivity index (χ2n) is 6.42. The largest absolute Gasteiger partial charge is 0.393 e. The molecule has 2 aliphatic rings. The van der Waals surface area contributed by atoms with E-state index in [0.717, 1.165) is 19.5 Å². The van der Waals surface area contributed by atoms with Crippen molar-refractivity contribution in [1.82, 2.24) is 14.5 Å². The van der Waals surface area contributed by atoms with E-state index in [9.17, 15) is 5.11 Å². The van der Waals surface area contributed by atoms with Crippen molar-refractivity contribution in [2.75, 3.05) is 13.1 Å². The highest BCUT2D eigenvalue weighted by atomic mass is 16.3. The number of hydrogen-bond acceptors (Lipinski definition) is 3. The third kappa shape index (κ3) is 3.23. The lowest BCUT2D eigenvalue weighted by atomic mass is 9.78. The van der Waals surface area contributed by atoms with Crippen molar-refractivity contribution in [1.29, 1.82) is 0 Å². The molecule has 1 aromatic rings. The molecule has 4 nitrogen and oxygen atoms in total. The molecule has 1 saturated carbocycles. The normalized spacial score (nSPS) is 32.4. The maximum absolute atomic E-state index is 10.3. The number of imidazole rings is 1. The monoisotopic (exact) mass is 277 g/mol. The van der Waals surface area contributed by atoms with Gasteiger partial charge in [-0.2, -0.15) is 0 Å². The Hall–Kier alpha value is -0.870. The van der Waals surface area contributed by atoms with E-state index in [1.165, 1.54) is 45.1 Å². The van der Waals surface area contributed by atoms with Gasteiger partial charge in [0.15, 0.2) is 0 Å². The Balaban J connectivity index is 1.61. The number of aromatic nitrogens is 2. The smallest absolute Gasteiger partial charge is 0.0946 e. The van der Waals surface area contributed by atoms with E-state index >= 15 is 0 Å². The molecule has 2 heterocycles. The van der Waals surface area contributed by atoms with Crippen molar-refractivity contribution in [3.8, 4) is 0 Å². The molecule has 3 unspecified atom stereocenters. The van der Waals surface area contributed by atoms with Crippen molar-refractivity contribution >= 4 is 0 Å². The zero-order valence-electron chi connectivity index (χ0n) is 12.3. The average molecular weight is 277 g/mol. The highest BCUT2D eigenvalue weighted by molar-refractivity contribution is 4.89. The van der Waals surface area contributed by atoms with Gasteiger partial charge in [0.2, 0.25) is 0 Å². The summed E-state index contributed by atoms with van der Waals surface area (Å²) in [7, 11) is 0. The van der Waals surface area contributed by atoms with Crippen LogP contribution in [0, 0.1) is 5.92 Å². The molecular formula is C16H27N3O. The van der Waals surface area contributed by atoms with Crippen molar-refractivity contribution in [2.45, 2.75) is 63.6 Å². The molecule has 3 atom stereocenters. The lowest BCUT2D eigenvalue weighted by molar-refractivity contribution is -0.00654. The number of hydrogen-bond donors (Lipinski definition) is 1. The Morgan fingerprint density at radius 3 is 2.70 bits per heavy atom. The van der Waals surface area contributed by atoms with Gasteiger partial charge in [-0.05, 0) is 32.2 Å². The zero-order chi connectivity index (χ0) is 13.8. The molecule has 1 saturated heterocycles. The molecule has 2 fully saturated rings. The van der Waals surface area contributed by atoms with Crippen LogP contribution in [0.3, 0.4) is 0 Å². The van der Waals surface area contributed by atoms with Crippen molar-refractivity contribution in [2.24, 2.45) is 5.92 Å². The standard InChI is InChI=1S/C16H27N3O/c20-16-7-2-1-5-14(16)15-6-3-4-9-19(15)12-11-18-10-8-17-13-18/h8,10,13-16,20H,1-7,9,11-12H2. The van der Waals surface area contributed by atoms with Crippen LogP contribution in [0.25, 0.3) is 0 Å². The number of aliphatic hydroxyl groups excluding tert-OH is 1. The van der Waals surface area contributed by atoms with Gasteiger partial charge in [-0.1, -0.05) is 19.3 Å². The van der Waals surface area contributed by atoms with E-state index in [-0.39, 0.29) is 6.10 Å². The molecule has 0 radical (unpaired) electrons. The van der Waals surface area contributed by atoms with Crippen LogP contribution < -0.4 is 0 Å². The molecule has 1 aliphatic heterocycles. The second-order valence-corrected chi connectivity index (χ2v) is 6.42. The Morgan fingerprint density at radius 2 is 1.90 bits per heavy atom. The van der Waals surface area contributed by atoms with Gasteiger partial charge in [-0.3, -0.25) is 4.90 Å². The summed E-state index contributed by atoms with van der Waals surface area (Å²) in [6.45, 7) is 3.30. The van der Waals surface area contributed by atoms with Crippen LogP contribution in [0.4, 0.5) is 0 Å². The molecule has 112 valence electrons. The fourth-order valence-electron chi connectivity index (χ4n) is 4.03. The van der Waals surface area contributed by atoms with Crippen molar-refractivity contribution in [3.05, 3.63) is 18.7 Å². The Morgan fingerprint density at radius 1 is 1.05 bits per heavy atom. The summed E-state index contributed by atoms with van der Waals surface area (Å²) in [5, 5.41) is 10.3. The van der Waals surface area contributed by atoms with E-state index in [1.807, 2.05) is 18.7 Å². The summed E-state index contributed by atoms with van der Waals surface area (Å²) in [6, 6.07) is 0.600. The summed E-state index contributed by atoms with van der Waals surface area (Å²) in [5.74, 6) is 0.506. The maximum Gasteiger partial charge on any atom is 0.0946 e. The lowest BCUT2D eigenvalue weighted by Crippen LogP contribution is -2.49. The van der Waals surface area contributed by atoms with Gasteiger partial charge >= 0.3 is 0 Å². The first-order valence-electron chi connectivity index (χ1n) is 8.22. The molecule has 0 bridgehead atoms. The van der Waals surface area contributed by atoms with Crippen LogP contribution in [0.1, 0.15) is 44.9 Å². The fraction of sp³-hybridized carbons (Fsp3) is 0.812. The van der Waals surface area contributed by atoms with E-state index < -0.39 is 0 Å². The van der Waals surface area contributed by atoms with Crippen LogP contribution in [0.2, 0.25) is 0 Å². The first-order valence-corrected chi connectivity index (χ1v) is 8.22. The molecule has 3 rings (SSSR count). The summed E-state index contributed by atoms with van der Waals surface area (Å²) in [6.07, 6.45) is 14.4. The molecule has 0 aromatic carbocycles. The van der Waals surface area contributed by atoms with Gasteiger partial charge in [-0.25, -0.2) is 4.98 Å². The predicted octanol–water partition coefficient (Wildman–Crippen LogP) is 2.29. The summed E-state index contributed by atoms with van der Waals surface area (Å²) >= 11 is 0. The quantitative estimate of drug-likeness (QED) is 0.918. The lowest BCUT2D eigenvalue weighted by Gasteiger charge is -2.43. The van der Waals surface area contributed by atoms with Crippen molar-refractivity contribution < 1.29 is 5.11 Å². The number of nitrogens with zero attached hydrogens (tertiary/aromatic N) is 3. The van der Waals surface area contributed by atoms with Gasteiger partial charge < -0.3 is 9.67 Å². The number of likely N-dealkylation sites (tertiary alicyclic amines) is 1. The zero-order valence-corrected chi connectivity index (χ0v) is 12.3. The molecule has 20 heavy (non-hydrogen) atoms. The summed E-state index contributed by atoms with van der Waals surface area (Å²) in [4.78, 5) is 6.74. The minimum atomic E-state index is -0.0670. The average Bonchev–Trinajstić information content (AvgIpc) is 2.99. The van der Waals surface area contributed by atoms with E-state index in [0.29, 0.717) is 12.0 Å². The second kappa shape index (κ2) is 6.72. The Kier molecular flexibility index (Phi) is 4.73. The minimum Gasteiger partial charge on any atom is -0.393 e. The summed E-state index contributed by atoms with van der Waals surface area (Å²) < 4.78 is 2.16. The first kappa shape index (κ1) is 14.1. The third-order valence-electron chi connectivity index (χ3n) is 5.14. The van der Waals surface area contributed by atoms with Crippen LogP contribution in [0.5, 0.6) is 0 Å². The Labute approximate surface area is 121 Å². The molecule has 0 spiro atoms. The highest BCUT2D eigenvalue weighted by Gasteiger charge is 2.35. The van der Waals surface area contributed by atoms with Gasteiger partial charge in [0.1, 0.15) is 0 Å². The number of piperidine rings is 1. The molecule has 0 amide bonds. The first-order chi connectivity index (χ1) is 9.84. The predicted molar refractivity (Wildman–Crippen MR) is 79.4 cm³/mol. The van der Waals surface area contributed by atoms with Gasteiger partial charge in [0, 0.05) is 37.4 Å². The number of rotatable bonds is 4. The molecule has 1 N–H and O–H groups in total. The fourth-order valence-corrected chi connectivity index (χ4v) is 4.03. The van der Waals surface area contributed by atoms with Crippen LogP contribution in [-0.2, 0) is 6.54 Å². The Bertz CT molecular complexity index is 392.